The van der Waals surface area contributed by atoms with Crippen molar-refractivity contribution in [2.45, 2.75) is 117 Å². The first-order valence-corrected chi connectivity index (χ1v) is 18.3. The summed E-state index contributed by atoms with van der Waals surface area (Å²) < 4.78 is 55.1. The molecule has 2 rings (SSSR count). The number of halogens is 4. The average molecular weight is 829 g/mol. The molecule has 0 saturated heterocycles. The molecule has 0 aliphatic carbocycles. The predicted octanol–water partition coefficient (Wildman–Crippen LogP) is 5.40. The van der Waals surface area contributed by atoms with Crippen LogP contribution in [0.5, 0.6) is 0 Å². The second-order valence-corrected chi connectivity index (χ2v) is 12.2. The van der Waals surface area contributed by atoms with E-state index in [9.17, 15) is 42.6 Å². The number of methoxy groups -OCH3 is 1. The number of aliphatic hydroxyl groups is 5. The van der Waals surface area contributed by atoms with Crippen molar-refractivity contribution >= 4 is 35.5 Å². The zero-order valence-electron chi connectivity index (χ0n) is 33.4. The average Bonchev–Trinajstić information content (AvgIpc) is 3.11. The lowest BCUT2D eigenvalue weighted by Crippen LogP contribution is -2.23. The largest absolute Gasteiger partial charge is 0.469 e. The molecule has 0 aromatic heterocycles. The predicted molar refractivity (Wildman–Crippen MR) is 203 cm³/mol. The highest BCUT2D eigenvalue weighted by Gasteiger charge is 2.31. The number of hydrogen-bond donors (Lipinski definition) is 5. The van der Waals surface area contributed by atoms with Crippen LogP contribution in [-0.2, 0) is 50.7 Å². The molecule has 13 nitrogen and oxygen atoms in total. The second-order valence-electron chi connectivity index (χ2n) is 11.9. The number of esters is 4. The van der Waals surface area contributed by atoms with Crippen molar-refractivity contribution in [2.75, 3.05) is 32.8 Å². The molecule has 0 fully saturated rings. The van der Waals surface area contributed by atoms with Crippen LogP contribution in [0.4, 0.5) is 13.2 Å². The zero-order chi connectivity index (χ0) is 43.9. The Balaban J connectivity index is -0.000000642. The Morgan fingerprint density at radius 1 is 0.732 bits per heavy atom. The van der Waals surface area contributed by atoms with E-state index in [1.54, 1.807) is 40.7 Å². The van der Waals surface area contributed by atoms with Gasteiger partial charge in [-0.1, -0.05) is 42.0 Å². The van der Waals surface area contributed by atoms with Gasteiger partial charge in [0.25, 0.3) is 0 Å². The fourth-order valence-electron chi connectivity index (χ4n) is 3.77. The molecular formula is C39H60ClF3O13. The van der Waals surface area contributed by atoms with Gasteiger partial charge in [0.15, 0.2) is 6.10 Å². The van der Waals surface area contributed by atoms with Crippen molar-refractivity contribution in [3.63, 3.8) is 0 Å². The lowest BCUT2D eigenvalue weighted by Gasteiger charge is -2.11. The Morgan fingerprint density at radius 3 is 1.61 bits per heavy atom. The maximum Gasteiger partial charge on any atom is 0.416 e. The molecule has 5 atom stereocenters. The van der Waals surface area contributed by atoms with Gasteiger partial charge in [0.05, 0.1) is 76.2 Å². The van der Waals surface area contributed by atoms with Crippen LogP contribution in [-0.4, -0.2) is 107 Å². The summed E-state index contributed by atoms with van der Waals surface area (Å²) in [6, 6.07) is 13.3. The minimum atomic E-state index is -4.35. The van der Waals surface area contributed by atoms with Gasteiger partial charge < -0.3 is 44.5 Å². The van der Waals surface area contributed by atoms with E-state index < -0.39 is 54.2 Å². The maximum absolute atomic E-state index is 12.3. The van der Waals surface area contributed by atoms with E-state index >= 15 is 0 Å². The minimum Gasteiger partial charge on any atom is -0.469 e. The number of hydrogen-bond acceptors (Lipinski definition) is 13. The van der Waals surface area contributed by atoms with Crippen molar-refractivity contribution in [3.05, 3.63) is 70.8 Å². The van der Waals surface area contributed by atoms with Gasteiger partial charge in [0.2, 0.25) is 0 Å². The van der Waals surface area contributed by atoms with Crippen LogP contribution in [0.3, 0.4) is 0 Å². The van der Waals surface area contributed by atoms with E-state index in [-0.39, 0.29) is 42.6 Å². The number of carbonyl (C=O) groups excluding carboxylic acids is 4. The van der Waals surface area contributed by atoms with Crippen LogP contribution in [0, 0.1) is 6.92 Å². The number of carbonyl (C=O) groups is 4. The molecule has 0 amide bonds. The Morgan fingerprint density at radius 2 is 1.21 bits per heavy atom. The summed E-state index contributed by atoms with van der Waals surface area (Å²) in [5.74, 6) is -1.59. The third-order valence-electron chi connectivity index (χ3n) is 6.36. The van der Waals surface area contributed by atoms with E-state index in [4.69, 9.17) is 31.7 Å². The lowest BCUT2D eigenvalue weighted by atomic mass is 10.0. The summed E-state index contributed by atoms with van der Waals surface area (Å²) in [6.45, 7) is 12.3. The summed E-state index contributed by atoms with van der Waals surface area (Å²) in [6.07, 6.45) is -6.96. The number of aliphatic hydroxyl groups excluding tert-OH is 5. The molecule has 0 radical (unpaired) electrons. The molecule has 0 aliphatic rings. The molecule has 0 spiro atoms. The van der Waals surface area contributed by atoms with Gasteiger partial charge in [-0.3, -0.25) is 14.4 Å². The summed E-state index contributed by atoms with van der Waals surface area (Å²) >= 11 is 5.24. The molecule has 0 heterocycles. The lowest BCUT2D eigenvalue weighted by molar-refractivity contribution is -0.153. The van der Waals surface area contributed by atoms with Crippen molar-refractivity contribution in [3.8, 4) is 0 Å². The van der Waals surface area contributed by atoms with E-state index in [1.807, 2.05) is 30.3 Å². The summed E-state index contributed by atoms with van der Waals surface area (Å²) in [5, 5.41) is 44.6. The molecule has 56 heavy (non-hydrogen) atoms. The Labute approximate surface area is 332 Å². The molecule has 0 aliphatic heterocycles. The Hall–Kier alpha value is -3.80. The fourth-order valence-corrected chi connectivity index (χ4v) is 3.88. The number of rotatable bonds is 15. The summed E-state index contributed by atoms with van der Waals surface area (Å²) in [7, 11) is 1.30. The van der Waals surface area contributed by atoms with Gasteiger partial charge in [0.1, 0.15) is 0 Å². The summed E-state index contributed by atoms with van der Waals surface area (Å²) in [4.78, 5) is 42.4. The van der Waals surface area contributed by atoms with Crippen LogP contribution in [0.25, 0.3) is 0 Å². The molecule has 5 N–H and O–H groups in total. The number of aryl methyl sites for hydroxylation is 2. The molecule has 0 bridgehead atoms. The van der Waals surface area contributed by atoms with Crippen molar-refractivity contribution in [1.29, 1.82) is 0 Å². The number of alkyl halides is 4. The van der Waals surface area contributed by atoms with Gasteiger partial charge in [-0.25, -0.2) is 4.79 Å². The first-order valence-electron chi connectivity index (χ1n) is 17.8. The van der Waals surface area contributed by atoms with Crippen molar-refractivity contribution in [1.82, 2.24) is 0 Å². The van der Waals surface area contributed by atoms with Crippen LogP contribution in [0.1, 0.15) is 95.6 Å². The molecule has 0 unspecified atom stereocenters. The maximum atomic E-state index is 12.3. The van der Waals surface area contributed by atoms with Gasteiger partial charge in [0, 0.05) is 5.88 Å². The van der Waals surface area contributed by atoms with E-state index in [1.165, 1.54) is 21.0 Å². The Kier molecular flexibility index (Phi) is 33.7. The highest BCUT2D eigenvalue weighted by Crippen LogP contribution is 2.31. The first-order chi connectivity index (χ1) is 26.1. The standard InChI is InChI=1S/C12H16O3.C10H11F3O.C6H11ClO3.C6H12O3.C5H10O3/c1-2-15-12(14)11(13)9-8-10-6-4-3-5-7-10;1-6-3-8(7(2)14)5-9(4-6)10(11,12)13;1-2-10-6(9)3-5(8)4-7;1-3-9-6(8)4-5(2)7;1-4(6)3-5(7)8-2/h3-7,11,13H,2,8-9H2,1H3;3-5,7,14H,1-2H3;5,8H,2-4H2,1H3;5,7H,3-4H2,1-2H3;4,6H,3H2,1-2H3/t11-;7-;2*5-;4-/m11011/s1. The third kappa shape index (κ3) is 33.5. The van der Waals surface area contributed by atoms with Gasteiger partial charge in [-0.15, -0.1) is 11.6 Å². The zero-order valence-corrected chi connectivity index (χ0v) is 34.1. The summed E-state index contributed by atoms with van der Waals surface area (Å²) in [5.41, 5.74) is 1.18. The second kappa shape index (κ2) is 33.4. The van der Waals surface area contributed by atoms with E-state index in [0.717, 1.165) is 17.7 Å². The molecule has 322 valence electrons. The van der Waals surface area contributed by atoms with Crippen molar-refractivity contribution < 1.29 is 76.8 Å². The van der Waals surface area contributed by atoms with Crippen molar-refractivity contribution in [2.24, 2.45) is 0 Å². The topological polar surface area (TPSA) is 206 Å². The fraction of sp³-hybridized carbons (Fsp3) is 0.590. The first kappa shape index (κ1) is 56.5. The molecule has 2 aromatic rings. The monoisotopic (exact) mass is 828 g/mol. The van der Waals surface area contributed by atoms with E-state index in [2.05, 4.69) is 14.2 Å². The van der Waals surface area contributed by atoms with Gasteiger partial charge in [-0.2, -0.15) is 13.2 Å². The SMILES string of the molecule is CCOC(=O)C[C@@H](C)O.CCOC(=O)C[C@H](O)CCl.CCOC(=O)[C@H](O)CCc1ccccc1.COC(=O)C[C@@H](C)O.Cc1cc([C@@H](C)O)cc(C(F)(F)F)c1. The van der Waals surface area contributed by atoms with Crippen LogP contribution in [0.15, 0.2) is 48.5 Å². The molecule has 0 saturated carbocycles. The van der Waals surface area contributed by atoms with Crippen LogP contribution in [0.2, 0.25) is 0 Å². The van der Waals surface area contributed by atoms with Crippen LogP contribution < -0.4 is 0 Å². The Bertz CT molecular complexity index is 1340. The minimum absolute atomic E-state index is 0.0165. The molecule has 2 aromatic carbocycles. The number of ether oxygens (including phenoxy) is 4. The van der Waals surface area contributed by atoms with Crippen LogP contribution >= 0.6 is 11.6 Å². The molecule has 17 heteroatoms. The third-order valence-corrected chi connectivity index (χ3v) is 6.72. The van der Waals surface area contributed by atoms with Gasteiger partial charge >= 0.3 is 30.1 Å². The normalized spacial score (nSPS) is 12.9. The molecular weight excluding hydrogens is 769 g/mol. The smallest absolute Gasteiger partial charge is 0.416 e. The quantitative estimate of drug-likeness (QED) is 0.0868. The highest BCUT2D eigenvalue weighted by atomic mass is 35.5. The van der Waals surface area contributed by atoms with E-state index in [0.29, 0.717) is 38.2 Å². The highest BCUT2D eigenvalue weighted by molar-refractivity contribution is 6.18. The number of benzene rings is 2. The van der Waals surface area contributed by atoms with Gasteiger partial charge in [-0.05, 0) is 84.6 Å².